The molecular weight excluding hydrogens is 306 g/mol. The van der Waals surface area contributed by atoms with E-state index in [1.807, 2.05) is 0 Å². The maximum Gasteiger partial charge on any atom is 0.344 e. The molecule has 0 spiro atoms. The molecule has 0 aromatic heterocycles. The fourth-order valence-electron chi connectivity index (χ4n) is 3.03. The number of hydrogen-bond donors (Lipinski definition) is 1. The number of aliphatic carboxylic acids is 1. The lowest BCUT2D eigenvalue weighted by atomic mass is 10.1. The van der Waals surface area contributed by atoms with Crippen LogP contribution in [0.25, 0.3) is 0 Å². The van der Waals surface area contributed by atoms with Crippen LogP contribution in [0.5, 0.6) is 11.5 Å². The first-order valence-corrected chi connectivity index (χ1v) is 6.99. The van der Waals surface area contributed by atoms with Crippen molar-refractivity contribution in [2.75, 3.05) is 14.2 Å². The van der Waals surface area contributed by atoms with E-state index >= 15 is 0 Å². The van der Waals surface area contributed by atoms with E-state index in [1.165, 1.54) is 14.2 Å². The van der Waals surface area contributed by atoms with E-state index in [0.717, 1.165) is 4.90 Å². The van der Waals surface area contributed by atoms with Crippen LogP contribution in [-0.2, 0) is 14.3 Å². The molecule has 0 bridgehead atoms. The Morgan fingerprint density at radius 1 is 1.30 bits per heavy atom. The van der Waals surface area contributed by atoms with Gasteiger partial charge < -0.3 is 19.3 Å². The Balaban J connectivity index is 2.08. The van der Waals surface area contributed by atoms with Crippen LogP contribution in [0, 0.1) is 0 Å². The van der Waals surface area contributed by atoms with Gasteiger partial charge in [-0.3, -0.25) is 9.69 Å². The van der Waals surface area contributed by atoms with Gasteiger partial charge in [-0.2, -0.15) is 0 Å². The number of fused-ring (bicyclic) bond motifs is 1. The third-order valence-corrected chi connectivity index (χ3v) is 4.06. The van der Waals surface area contributed by atoms with Crippen molar-refractivity contribution in [1.29, 1.82) is 0 Å². The fraction of sp³-hybridized carbons (Fsp3) is 0.400. The Kier molecular flexibility index (Phi) is 3.59. The first kappa shape index (κ1) is 15.1. The van der Waals surface area contributed by atoms with E-state index in [2.05, 4.69) is 0 Å². The van der Waals surface area contributed by atoms with Crippen LogP contribution in [0.3, 0.4) is 0 Å². The van der Waals surface area contributed by atoms with Crippen molar-refractivity contribution in [3.05, 3.63) is 23.3 Å². The minimum atomic E-state index is -1.12. The second-order valence-corrected chi connectivity index (χ2v) is 5.22. The predicted octanol–water partition coefficient (Wildman–Crippen LogP) is 0.948. The smallest absolute Gasteiger partial charge is 0.344 e. The number of ether oxygens (including phenoxy) is 3. The van der Waals surface area contributed by atoms with Crippen molar-refractivity contribution in [2.24, 2.45) is 0 Å². The molecule has 2 aliphatic rings. The van der Waals surface area contributed by atoms with Gasteiger partial charge in [-0.05, 0) is 18.6 Å². The molecule has 0 saturated carbocycles. The molecule has 3 rings (SSSR count). The van der Waals surface area contributed by atoms with Gasteiger partial charge in [0.1, 0.15) is 11.6 Å². The number of carboxylic acid groups (broad SMARTS) is 1. The summed E-state index contributed by atoms with van der Waals surface area (Å²) in [5.41, 5.74) is 0.551. The summed E-state index contributed by atoms with van der Waals surface area (Å²) >= 11 is 0. The molecule has 1 amide bonds. The van der Waals surface area contributed by atoms with Crippen LogP contribution >= 0.6 is 0 Å². The number of carboxylic acids is 1. The Bertz CT molecular complexity index is 699. The zero-order chi connectivity index (χ0) is 16.7. The average molecular weight is 321 g/mol. The number of likely N-dealkylation sites (tertiary alicyclic amines) is 1. The number of esters is 1. The topological polar surface area (TPSA) is 102 Å². The number of rotatable bonds is 4. The van der Waals surface area contributed by atoms with Crippen LogP contribution in [0.1, 0.15) is 35.0 Å². The fourth-order valence-corrected chi connectivity index (χ4v) is 3.03. The number of cyclic esters (lactones) is 1. The Labute approximate surface area is 131 Å². The lowest BCUT2D eigenvalue weighted by Crippen LogP contribution is -2.41. The number of nitrogens with zero attached hydrogens (tertiary/aromatic N) is 1. The number of amides is 1. The number of carbonyl (C=O) groups is 3. The first-order valence-electron chi connectivity index (χ1n) is 6.99. The van der Waals surface area contributed by atoms with Crippen molar-refractivity contribution in [3.8, 4) is 11.5 Å². The monoisotopic (exact) mass is 321 g/mol. The average Bonchev–Trinajstić information content (AvgIpc) is 3.06. The Morgan fingerprint density at radius 2 is 2.04 bits per heavy atom. The molecule has 1 aromatic carbocycles. The Morgan fingerprint density at radius 3 is 2.65 bits per heavy atom. The van der Waals surface area contributed by atoms with Crippen molar-refractivity contribution >= 4 is 17.8 Å². The van der Waals surface area contributed by atoms with Crippen molar-refractivity contribution in [1.82, 2.24) is 4.90 Å². The molecule has 8 nitrogen and oxygen atoms in total. The maximum atomic E-state index is 12.2. The van der Waals surface area contributed by atoms with Crippen LogP contribution < -0.4 is 9.47 Å². The van der Waals surface area contributed by atoms with E-state index in [1.54, 1.807) is 12.1 Å². The highest BCUT2D eigenvalue weighted by molar-refractivity contribution is 5.99. The summed E-state index contributed by atoms with van der Waals surface area (Å²) in [4.78, 5) is 36.8. The normalized spacial score (nSPS) is 22.8. The first-order chi connectivity index (χ1) is 11.0. The summed E-state index contributed by atoms with van der Waals surface area (Å²) in [5, 5.41) is 9.28. The minimum Gasteiger partial charge on any atom is -0.493 e. The summed E-state index contributed by atoms with van der Waals surface area (Å²) in [6.45, 7) is 0. The third kappa shape index (κ3) is 2.18. The second-order valence-electron chi connectivity index (χ2n) is 5.22. The van der Waals surface area contributed by atoms with E-state index in [9.17, 15) is 19.5 Å². The van der Waals surface area contributed by atoms with Crippen LogP contribution in [0.2, 0.25) is 0 Å². The van der Waals surface area contributed by atoms with E-state index in [4.69, 9.17) is 14.2 Å². The van der Waals surface area contributed by atoms with Gasteiger partial charge in [0.05, 0.1) is 14.2 Å². The van der Waals surface area contributed by atoms with Gasteiger partial charge in [-0.1, -0.05) is 0 Å². The van der Waals surface area contributed by atoms with Crippen LogP contribution in [0.15, 0.2) is 12.1 Å². The van der Waals surface area contributed by atoms with Gasteiger partial charge in [-0.15, -0.1) is 0 Å². The minimum absolute atomic E-state index is 0.105. The summed E-state index contributed by atoms with van der Waals surface area (Å²) in [7, 11) is 2.83. The van der Waals surface area contributed by atoms with Crippen molar-refractivity contribution in [2.45, 2.75) is 25.1 Å². The molecule has 1 saturated heterocycles. The SMILES string of the molecule is COc1ccc2c(c1OC)C(=O)OC2N1C(=O)CC[C@H]1C(=O)O. The molecule has 8 heteroatoms. The molecule has 2 aliphatic heterocycles. The highest BCUT2D eigenvalue weighted by Gasteiger charge is 2.47. The zero-order valence-corrected chi connectivity index (χ0v) is 12.6. The molecule has 0 radical (unpaired) electrons. The van der Waals surface area contributed by atoms with Gasteiger partial charge >= 0.3 is 11.9 Å². The quantitative estimate of drug-likeness (QED) is 0.824. The standard InChI is InChI=1S/C15H15NO7/c1-21-9-5-3-7-11(12(9)22-2)15(20)23-13(7)16-8(14(18)19)4-6-10(16)17/h3,5,8,13H,4,6H2,1-2H3,(H,18,19)/t8-,13?/m0/s1. The van der Waals surface area contributed by atoms with Gasteiger partial charge in [0.2, 0.25) is 12.1 Å². The summed E-state index contributed by atoms with van der Waals surface area (Å²) in [5.74, 6) is -1.61. The summed E-state index contributed by atoms with van der Waals surface area (Å²) < 4.78 is 15.6. The molecule has 122 valence electrons. The number of benzene rings is 1. The van der Waals surface area contributed by atoms with Crippen molar-refractivity contribution < 1.29 is 33.7 Å². The maximum absolute atomic E-state index is 12.2. The Hall–Kier alpha value is -2.77. The van der Waals surface area contributed by atoms with E-state index in [-0.39, 0.29) is 30.1 Å². The van der Waals surface area contributed by atoms with E-state index in [0.29, 0.717) is 11.3 Å². The van der Waals surface area contributed by atoms with E-state index < -0.39 is 24.2 Å². The second kappa shape index (κ2) is 5.45. The molecule has 2 heterocycles. The molecule has 1 aromatic rings. The molecule has 1 fully saturated rings. The largest absolute Gasteiger partial charge is 0.493 e. The lowest BCUT2D eigenvalue weighted by molar-refractivity contribution is -0.154. The number of methoxy groups -OCH3 is 2. The molecule has 23 heavy (non-hydrogen) atoms. The molecular formula is C15H15NO7. The molecule has 2 atom stereocenters. The van der Waals surface area contributed by atoms with Crippen molar-refractivity contribution in [3.63, 3.8) is 0 Å². The zero-order valence-electron chi connectivity index (χ0n) is 12.6. The number of carbonyl (C=O) groups excluding carboxylic acids is 2. The molecule has 0 aliphatic carbocycles. The van der Waals surface area contributed by atoms with Gasteiger partial charge in [-0.25, -0.2) is 9.59 Å². The van der Waals surface area contributed by atoms with Gasteiger partial charge in [0, 0.05) is 12.0 Å². The highest BCUT2D eigenvalue weighted by Crippen LogP contribution is 2.44. The van der Waals surface area contributed by atoms with Gasteiger partial charge in [0.15, 0.2) is 11.5 Å². The number of hydrogen-bond acceptors (Lipinski definition) is 6. The molecule has 1 unspecified atom stereocenters. The van der Waals surface area contributed by atoms with Gasteiger partial charge in [0.25, 0.3) is 0 Å². The van der Waals surface area contributed by atoms with Crippen LogP contribution in [-0.4, -0.2) is 48.1 Å². The molecule has 1 N–H and O–H groups in total. The highest BCUT2D eigenvalue weighted by atomic mass is 16.6. The third-order valence-electron chi connectivity index (χ3n) is 4.06. The summed E-state index contributed by atoms with van der Waals surface area (Å²) in [6.07, 6.45) is -0.772. The van der Waals surface area contributed by atoms with Crippen LogP contribution in [0.4, 0.5) is 0 Å². The summed E-state index contributed by atoms with van der Waals surface area (Å²) in [6, 6.07) is 2.15. The lowest BCUT2D eigenvalue weighted by Gasteiger charge is -2.27. The predicted molar refractivity (Wildman–Crippen MR) is 75.2 cm³/mol.